The molecule has 0 unspecified atom stereocenters. The van der Waals surface area contributed by atoms with E-state index in [1.807, 2.05) is 20.8 Å². The lowest BCUT2D eigenvalue weighted by molar-refractivity contribution is 0.0126. The third-order valence-corrected chi connectivity index (χ3v) is 4.20. The molecule has 2 rings (SSSR count). The topological polar surface area (TPSA) is 91.1 Å². The molecule has 1 saturated heterocycles. The Morgan fingerprint density at radius 3 is 2.31 bits per heavy atom. The van der Waals surface area contributed by atoms with Crippen molar-refractivity contribution in [3.63, 3.8) is 0 Å². The summed E-state index contributed by atoms with van der Waals surface area (Å²) in [5.74, 6) is 0.105. The molecule has 1 aromatic rings. The summed E-state index contributed by atoms with van der Waals surface area (Å²) in [7, 11) is 1.44. The lowest BCUT2D eigenvalue weighted by atomic mass is 10.1. The van der Waals surface area contributed by atoms with Crippen LogP contribution in [-0.2, 0) is 4.74 Å². The molecular formula is C18H25ClN2O5. The molecule has 0 bridgehead atoms. The van der Waals surface area contributed by atoms with Gasteiger partial charge in [0.2, 0.25) is 0 Å². The van der Waals surface area contributed by atoms with E-state index in [-0.39, 0.29) is 22.8 Å². The predicted octanol–water partition coefficient (Wildman–Crippen LogP) is 3.23. The van der Waals surface area contributed by atoms with E-state index < -0.39 is 11.5 Å². The maximum atomic E-state index is 12.1. The number of piperidine rings is 1. The number of carbonyl (C=O) groups excluding carboxylic acids is 2. The summed E-state index contributed by atoms with van der Waals surface area (Å²) in [5.41, 5.74) is 4.99. The van der Waals surface area contributed by atoms with Crippen LogP contribution in [-0.4, -0.2) is 48.8 Å². The van der Waals surface area contributed by atoms with Crippen molar-refractivity contribution in [3.05, 3.63) is 22.7 Å². The number of rotatable bonds is 4. The molecule has 0 saturated carbocycles. The number of likely N-dealkylation sites (tertiary alicyclic amines) is 1. The highest BCUT2D eigenvalue weighted by Gasteiger charge is 2.28. The Kier molecular flexibility index (Phi) is 6.23. The number of amides is 2. The standard InChI is InChI=1S/C18H25ClN2O5/c1-18(2,3)26-17(23)21-7-5-11(6-8-21)25-15-10-14(24-4)12(16(20)22)9-13(15)19/h9-11H,5-8H2,1-4H3,(H2,20,22). The van der Waals surface area contributed by atoms with Gasteiger partial charge in [-0.1, -0.05) is 11.6 Å². The lowest BCUT2D eigenvalue weighted by Crippen LogP contribution is -2.44. The fourth-order valence-corrected chi connectivity index (χ4v) is 2.86. The van der Waals surface area contributed by atoms with Crippen LogP contribution < -0.4 is 15.2 Å². The molecule has 26 heavy (non-hydrogen) atoms. The highest BCUT2D eigenvalue weighted by Crippen LogP contribution is 2.34. The molecule has 1 aliphatic rings. The number of carbonyl (C=O) groups is 2. The molecule has 7 nitrogen and oxygen atoms in total. The van der Waals surface area contributed by atoms with Gasteiger partial charge < -0.3 is 24.8 Å². The number of hydrogen-bond donors (Lipinski definition) is 1. The summed E-state index contributed by atoms with van der Waals surface area (Å²) in [6.07, 6.45) is 0.877. The summed E-state index contributed by atoms with van der Waals surface area (Å²) in [6.45, 7) is 6.59. The first kappa shape index (κ1) is 20.2. The molecular weight excluding hydrogens is 360 g/mol. The fourth-order valence-electron chi connectivity index (χ4n) is 2.65. The Morgan fingerprint density at radius 1 is 1.19 bits per heavy atom. The van der Waals surface area contributed by atoms with Gasteiger partial charge in [-0.25, -0.2) is 4.79 Å². The van der Waals surface area contributed by atoms with E-state index in [1.54, 1.807) is 11.0 Å². The van der Waals surface area contributed by atoms with Gasteiger partial charge in [0.25, 0.3) is 5.91 Å². The van der Waals surface area contributed by atoms with Crippen molar-refractivity contribution in [3.8, 4) is 11.5 Å². The summed E-state index contributed by atoms with van der Waals surface area (Å²) in [6, 6.07) is 3.00. The van der Waals surface area contributed by atoms with Crippen molar-refractivity contribution in [1.82, 2.24) is 4.90 Å². The van der Waals surface area contributed by atoms with E-state index in [0.717, 1.165) is 0 Å². The summed E-state index contributed by atoms with van der Waals surface area (Å²) < 4.78 is 16.5. The van der Waals surface area contributed by atoms with Crippen LogP contribution in [0.4, 0.5) is 4.79 Å². The van der Waals surface area contributed by atoms with Crippen LogP contribution in [0.1, 0.15) is 44.0 Å². The second kappa shape index (κ2) is 8.03. The minimum absolute atomic E-state index is 0.102. The summed E-state index contributed by atoms with van der Waals surface area (Å²) in [5, 5.41) is 0.286. The Bertz CT molecular complexity index is 679. The van der Waals surface area contributed by atoms with Crippen LogP contribution >= 0.6 is 11.6 Å². The largest absolute Gasteiger partial charge is 0.496 e. The quantitative estimate of drug-likeness (QED) is 0.860. The van der Waals surface area contributed by atoms with Crippen LogP contribution in [0, 0.1) is 0 Å². The number of methoxy groups -OCH3 is 1. The van der Waals surface area contributed by atoms with Gasteiger partial charge in [0.15, 0.2) is 0 Å². The van der Waals surface area contributed by atoms with Crippen molar-refractivity contribution in [2.75, 3.05) is 20.2 Å². The molecule has 0 aromatic heterocycles. The SMILES string of the molecule is COc1cc(OC2CCN(C(=O)OC(C)(C)C)CC2)c(Cl)cc1C(N)=O. The van der Waals surface area contributed by atoms with Gasteiger partial charge >= 0.3 is 6.09 Å². The van der Waals surface area contributed by atoms with Crippen LogP contribution in [0.2, 0.25) is 5.02 Å². The van der Waals surface area contributed by atoms with E-state index >= 15 is 0 Å². The van der Waals surface area contributed by atoms with Gasteiger partial charge in [-0.2, -0.15) is 0 Å². The summed E-state index contributed by atoms with van der Waals surface area (Å²) in [4.78, 5) is 25.2. The van der Waals surface area contributed by atoms with E-state index in [9.17, 15) is 9.59 Å². The number of benzene rings is 1. The molecule has 0 spiro atoms. The van der Waals surface area contributed by atoms with E-state index in [2.05, 4.69) is 0 Å². The smallest absolute Gasteiger partial charge is 0.410 e. The summed E-state index contributed by atoms with van der Waals surface area (Å²) >= 11 is 6.20. The normalized spacial score (nSPS) is 15.5. The maximum absolute atomic E-state index is 12.1. The highest BCUT2D eigenvalue weighted by molar-refractivity contribution is 6.32. The fraction of sp³-hybridized carbons (Fsp3) is 0.556. The first-order chi connectivity index (χ1) is 12.1. The number of halogens is 1. The van der Waals surface area contributed by atoms with E-state index in [4.69, 9.17) is 31.5 Å². The first-order valence-electron chi connectivity index (χ1n) is 8.42. The van der Waals surface area contributed by atoms with E-state index in [1.165, 1.54) is 13.2 Å². The van der Waals surface area contributed by atoms with Crippen molar-refractivity contribution in [2.45, 2.75) is 45.3 Å². The highest BCUT2D eigenvalue weighted by atomic mass is 35.5. The third kappa shape index (κ3) is 5.17. The molecule has 0 atom stereocenters. The lowest BCUT2D eigenvalue weighted by Gasteiger charge is -2.33. The van der Waals surface area contributed by atoms with E-state index in [0.29, 0.717) is 37.4 Å². The van der Waals surface area contributed by atoms with Gasteiger partial charge in [0.1, 0.15) is 23.2 Å². The third-order valence-electron chi connectivity index (χ3n) is 3.91. The van der Waals surface area contributed by atoms with Gasteiger partial charge in [-0.05, 0) is 26.8 Å². The van der Waals surface area contributed by atoms with Crippen molar-refractivity contribution in [1.29, 1.82) is 0 Å². The van der Waals surface area contributed by atoms with Crippen LogP contribution in [0.15, 0.2) is 12.1 Å². The minimum atomic E-state index is -0.624. The molecule has 1 aliphatic heterocycles. The molecule has 2 N–H and O–H groups in total. The van der Waals surface area contributed by atoms with Gasteiger partial charge in [-0.3, -0.25) is 4.79 Å². The van der Waals surface area contributed by atoms with Gasteiger partial charge in [0.05, 0.1) is 17.7 Å². The first-order valence-corrected chi connectivity index (χ1v) is 8.80. The van der Waals surface area contributed by atoms with Crippen molar-refractivity contribution in [2.24, 2.45) is 5.73 Å². The Labute approximate surface area is 158 Å². The van der Waals surface area contributed by atoms with Crippen LogP contribution in [0.25, 0.3) is 0 Å². The zero-order valence-electron chi connectivity index (χ0n) is 15.5. The number of ether oxygens (including phenoxy) is 3. The predicted molar refractivity (Wildman–Crippen MR) is 98.0 cm³/mol. The number of nitrogens with zero attached hydrogens (tertiary/aromatic N) is 1. The van der Waals surface area contributed by atoms with Crippen molar-refractivity contribution >= 4 is 23.6 Å². The second-order valence-corrected chi connectivity index (χ2v) is 7.54. The Morgan fingerprint density at radius 2 is 1.81 bits per heavy atom. The Hall–Kier alpha value is -2.15. The zero-order valence-corrected chi connectivity index (χ0v) is 16.3. The number of hydrogen-bond acceptors (Lipinski definition) is 5. The average molecular weight is 385 g/mol. The molecule has 2 amide bonds. The molecule has 1 heterocycles. The maximum Gasteiger partial charge on any atom is 0.410 e. The van der Waals surface area contributed by atoms with Crippen LogP contribution in [0.5, 0.6) is 11.5 Å². The second-order valence-electron chi connectivity index (χ2n) is 7.13. The Balaban J connectivity index is 1.99. The molecule has 8 heteroatoms. The number of nitrogens with two attached hydrogens (primary N) is 1. The van der Waals surface area contributed by atoms with Crippen molar-refractivity contribution < 1.29 is 23.8 Å². The molecule has 0 radical (unpaired) electrons. The van der Waals surface area contributed by atoms with Gasteiger partial charge in [-0.15, -0.1) is 0 Å². The zero-order chi connectivity index (χ0) is 19.5. The van der Waals surface area contributed by atoms with Crippen LogP contribution in [0.3, 0.4) is 0 Å². The molecule has 0 aliphatic carbocycles. The number of primary amides is 1. The molecule has 1 fully saturated rings. The van der Waals surface area contributed by atoms with Gasteiger partial charge in [0, 0.05) is 32.0 Å². The molecule has 1 aromatic carbocycles. The molecule has 144 valence electrons. The monoisotopic (exact) mass is 384 g/mol. The average Bonchev–Trinajstić information content (AvgIpc) is 2.55. The minimum Gasteiger partial charge on any atom is -0.496 e.